The van der Waals surface area contributed by atoms with Gasteiger partial charge in [-0.15, -0.1) is 0 Å². The molecule has 0 saturated heterocycles. The van der Waals surface area contributed by atoms with Gasteiger partial charge in [-0.1, -0.05) is 15.9 Å². The fourth-order valence-corrected chi connectivity index (χ4v) is 3.86. The van der Waals surface area contributed by atoms with Gasteiger partial charge in [-0.2, -0.15) is 0 Å². The van der Waals surface area contributed by atoms with Gasteiger partial charge < -0.3 is 10.6 Å². The van der Waals surface area contributed by atoms with Crippen LogP contribution < -0.4 is 10.6 Å². The van der Waals surface area contributed by atoms with Crippen LogP contribution >= 0.6 is 47.8 Å². The summed E-state index contributed by atoms with van der Waals surface area (Å²) in [6.45, 7) is 5.71. The molecule has 0 fully saturated rings. The van der Waals surface area contributed by atoms with Gasteiger partial charge in [0.1, 0.15) is 6.04 Å². The molecule has 1 aromatic carbocycles. The van der Waals surface area contributed by atoms with Crippen molar-refractivity contribution in [3.8, 4) is 0 Å². The van der Waals surface area contributed by atoms with Gasteiger partial charge in [0.25, 0.3) is 0 Å². The van der Waals surface area contributed by atoms with Crippen LogP contribution in [-0.2, 0) is 4.79 Å². The first-order valence-corrected chi connectivity index (χ1v) is 7.90. The lowest BCUT2D eigenvalue weighted by Gasteiger charge is -2.19. The normalized spacial score (nSPS) is 12.4. The molecule has 0 aliphatic carbocycles. The van der Waals surface area contributed by atoms with Crippen molar-refractivity contribution in [3.05, 3.63) is 25.6 Å². The van der Waals surface area contributed by atoms with Crippen molar-refractivity contribution in [2.75, 3.05) is 5.32 Å². The lowest BCUT2D eigenvalue weighted by molar-refractivity contribution is -0.122. The highest BCUT2D eigenvalue weighted by Gasteiger charge is 2.16. The maximum atomic E-state index is 11.8. The van der Waals surface area contributed by atoms with E-state index in [1.54, 1.807) is 0 Å². The Labute approximate surface area is 132 Å². The van der Waals surface area contributed by atoms with E-state index in [9.17, 15) is 4.79 Å². The summed E-state index contributed by atoms with van der Waals surface area (Å²) in [4.78, 5) is 11.8. The molecule has 0 heterocycles. The SMILES string of the molecule is CC(C)NC(=O)C(C)Nc1c(Br)cc(Br)cc1Br. The van der Waals surface area contributed by atoms with E-state index in [2.05, 4.69) is 58.4 Å². The monoisotopic (exact) mass is 440 g/mol. The van der Waals surface area contributed by atoms with Gasteiger partial charge in [0.2, 0.25) is 5.91 Å². The third-order valence-electron chi connectivity index (χ3n) is 2.19. The molecule has 0 bridgehead atoms. The quantitative estimate of drug-likeness (QED) is 0.730. The van der Waals surface area contributed by atoms with Crippen LogP contribution in [0, 0.1) is 0 Å². The first kappa shape index (κ1) is 16.0. The van der Waals surface area contributed by atoms with Gasteiger partial charge in [0.05, 0.1) is 5.69 Å². The number of carbonyl (C=O) groups is 1. The fourth-order valence-electron chi connectivity index (χ4n) is 1.37. The number of rotatable bonds is 4. The molecule has 6 heteroatoms. The van der Waals surface area contributed by atoms with Crippen LogP contribution in [0.15, 0.2) is 25.6 Å². The predicted octanol–water partition coefficient (Wildman–Crippen LogP) is 4.30. The molecule has 0 saturated carbocycles. The Kier molecular flexibility index (Phi) is 6.14. The third kappa shape index (κ3) is 4.55. The smallest absolute Gasteiger partial charge is 0.242 e. The molecular weight excluding hydrogens is 428 g/mol. The molecule has 0 aliphatic heterocycles. The fraction of sp³-hybridized carbons (Fsp3) is 0.417. The second-order valence-electron chi connectivity index (χ2n) is 4.27. The van der Waals surface area contributed by atoms with Crippen LogP contribution in [0.4, 0.5) is 5.69 Å². The number of nitrogens with one attached hydrogen (secondary N) is 2. The van der Waals surface area contributed by atoms with Gasteiger partial charge in [0.15, 0.2) is 0 Å². The molecule has 1 aromatic rings. The highest BCUT2D eigenvalue weighted by Crippen LogP contribution is 2.34. The second kappa shape index (κ2) is 6.91. The Bertz CT molecular complexity index is 426. The molecule has 1 amide bonds. The summed E-state index contributed by atoms with van der Waals surface area (Å²) < 4.78 is 2.76. The Morgan fingerprint density at radius 1 is 1.11 bits per heavy atom. The molecule has 2 N–H and O–H groups in total. The van der Waals surface area contributed by atoms with Crippen LogP contribution in [0.2, 0.25) is 0 Å². The molecule has 0 radical (unpaired) electrons. The summed E-state index contributed by atoms with van der Waals surface area (Å²) in [6.07, 6.45) is 0. The summed E-state index contributed by atoms with van der Waals surface area (Å²) >= 11 is 10.4. The number of amides is 1. The van der Waals surface area contributed by atoms with E-state index in [1.807, 2.05) is 32.9 Å². The Balaban J connectivity index is 2.82. The van der Waals surface area contributed by atoms with Gasteiger partial charge in [-0.05, 0) is 64.8 Å². The van der Waals surface area contributed by atoms with E-state index in [1.165, 1.54) is 0 Å². The summed E-state index contributed by atoms with van der Waals surface area (Å²) in [5.74, 6) is -0.0216. The summed E-state index contributed by atoms with van der Waals surface area (Å²) in [6, 6.07) is 3.69. The standard InChI is InChI=1S/C12H15Br3N2O/c1-6(2)16-12(18)7(3)17-11-9(14)4-8(13)5-10(11)15/h4-7,17H,1-3H3,(H,16,18). The molecule has 1 unspecified atom stereocenters. The average molecular weight is 443 g/mol. The minimum absolute atomic E-state index is 0.0216. The lowest BCUT2D eigenvalue weighted by Crippen LogP contribution is -2.41. The molecule has 0 spiro atoms. The Morgan fingerprint density at radius 2 is 1.61 bits per heavy atom. The van der Waals surface area contributed by atoms with E-state index in [-0.39, 0.29) is 18.0 Å². The predicted molar refractivity (Wildman–Crippen MR) is 85.9 cm³/mol. The molecule has 1 rings (SSSR count). The molecular formula is C12H15Br3N2O. The van der Waals surface area contributed by atoms with Gasteiger partial charge in [-0.3, -0.25) is 4.79 Å². The molecule has 0 aliphatic rings. The van der Waals surface area contributed by atoms with Crippen molar-refractivity contribution in [2.24, 2.45) is 0 Å². The number of carbonyl (C=O) groups excluding carboxylic acids is 1. The molecule has 3 nitrogen and oxygen atoms in total. The van der Waals surface area contributed by atoms with Gasteiger partial charge >= 0.3 is 0 Å². The summed E-state index contributed by atoms with van der Waals surface area (Å²) in [5.41, 5.74) is 0.865. The molecule has 0 aromatic heterocycles. The van der Waals surface area contributed by atoms with Crippen molar-refractivity contribution in [2.45, 2.75) is 32.9 Å². The van der Waals surface area contributed by atoms with Crippen molar-refractivity contribution in [1.82, 2.24) is 5.32 Å². The average Bonchev–Trinajstić information content (AvgIpc) is 2.21. The third-order valence-corrected chi connectivity index (χ3v) is 3.90. The number of hydrogen-bond donors (Lipinski definition) is 2. The molecule has 18 heavy (non-hydrogen) atoms. The molecule has 1 atom stereocenters. The summed E-state index contributed by atoms with van der Waals surface area (Å²) in [7, 11) is 0. The summed E-state index contributed by atoms with van der Waals surface area (Å²) in [5, 5.41) is 6.06. The zero-order chi connectivity index (χ0) is 13.9. The topological polar surface area (TPSA) is 41.1 Å². The van der Waals surface area contributed by atoms with E-state index in [0.717, 1.165) is 19.1 Å². The van der Waals surface area contributed by atoms with Crippen LogP contribution in [-0.4, -0.2) is 18.0 Å². The minimum Gasteiger partial charge on any atom is -0.372 e. The number of anilines is 1. The van der Waals surface area contributed by atoms with E-state index in [4.69, 9.17) is 0 Å². The van der Waals surface area contributed by atoms with Gasteiger partial charge in [-0.25, -0.2) is 0 Å². The number of halogens is 3. The number of hydrogen-bond acceptors (Lipinski definition) is 2. The van der Waals surface area contributed by atoms with Crippen molar-refractivity contribution in [1.29, 1.82) is 0 Å². The van der Waals surface area contributed by atoms with Crippen LogP contribution in [0.1, 0.15) is 20.8 Å². The first-order chi connectivity index (χ1) is 8.31. The second-order valence-corrected chi connectivity index (χ2v) is 6.90. The van der Waals surface area contributed by atoms with Crippen LogP contribution in [0.25, 0.3) is 0 Å². The van der Waals surface area contributed by atoms with E-state index in [0.29, 0.717) is 0 Å². The Morgan fingerprint density at radius 3 is 2.06 bits per heavy atom. The zero-order valence-corrected chi connectivity index (χ0v) is 15.1. The minimum atomic E-state index is -0.304. The van der Waals surface area contributed by atoms with Crippen LogP contribution in [0.3, 0.4) is 0 Å². The van der Waals surface area contributed by atoms with Gasteiger partial charge in [0, 0.05) is 19.5 Å². The van der Waals surface area contributed by atoms with Crippen LogP contribution in [0.5, 0.6) is 0 Å². The van der Waals surface area contributed by atoms with E-state index >= 15 is 0 Å². The highest BCUT2D eigenvalue weighted by molar-refractivity contribution is 9.11. The maximum Gasteiger partial charge on any atom is 0.242 e. The largest absolute Gasteiger partial charge is 0.372 e. The molecule has 100 valence electrons. The first-order valence-electron chi connectivity index (χ1n) is 5.52. The van der Waals surface area contributed by atoms with E-state index < -0.39 is 0 Å². The zero-order valence-electron chi connectivity index (χ0n) is 10.4. The number of benzene rings is 1. The van der Waals surface area contributed by atoms with Crippen molar-refractivity contribution < 1.29 is 4.79 Å². The van der Waals surface area contributed by atoms with Crippen molar-refractivity contribution in [3.63, 3.8) is 0 Å². The Hall–Kier alpha value is -0.0700. The lowest BCUT2D eigenvalue weighted by atomic mass is 10.2. The maximum absolute atomic E-state index is 11.8. The van der Waals surface area contributed by atoms with Crippen molar-refractivity contribution >= 4 is 59.4 Å². The highest BCUT2D eigenvalue weighted by atomic mass is 79.9.